The Morgan fingerprint density at radius 2 is 2.20 bits per heavy atom. The number of furan rings is 1. The summed E-state index contributed by atoms with van der Waals surface area (Å²) in [5, 5.41) is 2.67. The van der Waals surface area contributed by atoms with Crippen LogP contribution in [-0.4, -0.2) is 5.78 Å². The molecule has 4 heteroatoms. The number of carbonyl (C=O) groups is 1. The van der Waals surface area contributed by atoms with Crippen LogP contribution < -0.4 is 0 Å². The molecule has 102 valence electrons. The Kier molecular flexibility index (Phi) is 3.40. The van der Waals surface area contributed by atoms with Gasteiger partial charge in [-0.05, 0) is 43.0 Å². The average molecular weight is 288 g/mol. The van der Waals surface area contributed by atoms with E-state index < -0.39 is 0 Å². The van der Waals surface area contributed by atoms with Gasteiger partial charge in [-0.3, -0.25) is 4.79 Å². The maximum absolute atomic E-state index is 13.2. The van der Waals surface area contributed by atoms with Crippen molar-refractivity contribution >= 4 is 28.1 Å². The first-order chi connectivity index (χ1) is 9.65. The summed E-state index contributed by atoms with van der Waals surface area (Å²) in [6.07, 6.45) is 1.12. The molecule has 0 N–H and O–H groups in total. The van der Waals surface area contributed by atoms with Crippen molar-refractivity contribution in [2.75, 3.05) is 0 Å². The van der Waals surface area contributed by atoms with E-state index in [1.165, 1.54) is 17.0 Å². The Bertz CT molecular complexity index is 756. The minimum Gasteiger partial charge on any atom is -0.453 e. The lowest BCUT2D eigenvalue weighted by molar-refractivity contribution is 0.0957. The lowest BCUT2D eigenvalue weighted by Crippen LogP contribution is -2.00. The van der Waals surface area contributed by atoms with Crippen LogP contribution in [0.2, 0.25) is 0 Å². The van der Waals surface area contributed by atoms with Gasteiger partial charge in [0, 0.05) is 22.2 Å². The summed E-state index contributed by atoms with van der Waals surface area (Å²) in [5.74, 6) is -0.00588. The minimum absolute atomic E-state index is 0.0347. The SMILES string of the molecule is Cc1c(C(=O)CCc2cccs2)oc2ccc(F)cc12. The summed E-state index contributed by atoms with van der Waals surface area (Å²) in [5.41, 5.74) is 1.28. The third-order valence-corrected chi connectivity index (χ3v) is 4.27. The highest BCUT2D eigenvalue weighted by Crippen LogP contribution is 2.27. The first-order valence-corrected chi connectivity index (χ1v) is 7.27. The molecule has 0 fully saturated rings. The average Bonchev–Trinajstić information content (AvgIpc) is 3.05. The summed E-state index contributed by atoms with van der Waals surface area (Å²) in [7, 11) is 0. The fourth-order valence-corrected chi connectivity index (χ4v) is 2.97. The smallest absolute Gasteiger partial charge is 0.198 e. The zero-order valence-corrected chi connectivity index (χ0v) is 11.8. The predicted molar refractivity (Wildman–Crippen MR) is 77.9 cm³/mol. The Hall–Kier alpha value is -1.94. The second-order valence-corrected chi connectivity index (χ2v) is 5.73. The summed E-state index contributed by atoms with van der Waals surface area (Å²) >= 11 is 1.64. The van der Waals surface area contributed by atoms with Crippen molar-refractivity contribution in [3.8, 4) is 0 Å². The lowest BCUT2D eigenvalue weighted by Gasteiger charge is -1.97. The van der Waals surface area contributed by atoms with Gasteiger partial charge >= 0.3 is 0 Å². The largest absolute Gasteiger partial charge is 0.453 e. The number of Topliss-reactive ketones (excluding diaryl/α,β-unsaturated/α-hetero) is 1. The van der Waals surface area contributed by atoms with Gasteiger partial charge in [0.1, 0.15) is 11.4 Å². The number of rotatable bonds is 4. The first-order valence-electron chi connectivity index (χ1n) is 6.39. The van der Waals surface area contributed by atoms with E-state index in [-0.39, 0.29) is 11.6 Å². The van der Waals surface area contributed by atoms with Gasteiger partial charge in [0.25, 0.3) is 0 Å². The highest BCUT2D eigenvalue weighted by atomic mass is 32.1. The molecule has 0 saturated heterocycles. The van der Waals surface area contributed by atoms with E-state index in [0.29, 0.717) is 29.6 Å². The third-order valence-electron chi connectivity index (χ3n) is 3.33. The molecule has 0 amide bonds. The van der Waals surface area contributed by atoms with Crippen LogP contribution in [0.25, 0.3) is 11.0 Å². The number of carbonyl (C=O) groups excluding carboxylic acids is 1. The molecule has 20 heavy (non-hydrogen) atoms. The highest BCUT2D eigenvalue weighted by molar-refractivity contribution is 7.09. The van der Waals surface area contributed by atoms with Crippen molar-refractivity contribution in [1.29, 1.82) is 0 Å². The molecule has 2 heterocycles. The molecule has 1 aromatic carbocycles. The predicted octanol–water partition coefficient (Wildman–Crippen LogP) is 4.76. The van der Waals surface area contributed by atoms with E-state index in [2.05, 4.69) is 0 Å². The molecule has 0 aliphatic carbocycles. The fraction of sp³-hybridized carbons (Fsp3) is 0.188. The van der Waals surface area contributed by atoms with Gasteiger partial charge in [-0.25, -0.2) is 4.39 Å². The van der Waals surface area contributed by atoms with E-state index in [4.69, 9.17) is 4.42 Å². The highest BCUT2D eigenvalue weighted by Gasteiger charge is 2.17. The Morgan fingerprint density at radius 1 is 1.35 bits per heavy atom. The van der Waals surface area contributed by atoms with Crippen molar-refractivity contribution < 1.29 is 13.6 Å². The van der Waals surface area contributed by atoms with E-state index in [0.717, 1.165) is 5.56 Å². The molecule has 0 unspecified atom stereocenters. The molecule has 0 atom stereocenters. The van der Waals surface area contributed by atoms with Gasteiger partial charge in [0.2, 0.25) is 0 Å². The second-order valence-electron chi connectivity index (χ2n) is 4.70. The zero-order valence-electron chi connectivity index (χ0n) is 11.0. The molecule has 0 aliphatic heterocycles. The van der Waals surface area contributed by atoms with Crippen LogP contribution in [0.15, 0.2) is 40.1 Å². The van der Waals surface area contributed by atoms with Crippen LogP contribution in [0.3, 0.4) is 0 Å². The standard InChI is InChI=1S/C16H13FO2S/c1-10-13-9-11(17)4-7-15(13)19-16(10)14(18)6-5-12-3-2-8-20-12/h2-4,7-9H,5-6H2,1H3. The molecule has 2 aromatic heterocycles. The zero-order chi connectivity index (χ0) is 14.1. The number of thiophene rings is 1. The molecule has 0 spiro atoms. The van der Waals surface area contributed by atoms with Gasteiger partial charge in [-0.1, -0.05) is 6.07 Å². The van der Waals surface area contributed by atoms with Gasteiger partial charge in [-0.15, -0.1) is 11.3 Å². The summed E-state index contributed by atoms with van der Waals surface area (Å²) in [6.45, 7) is 1.80. The Morgan fingerprint density at radius 3 is 2.95 bits per heavy atom. The van der Waals surface area contributed by atoms with Crippen LogP contribution in [0.1, 0.15) is 27.4 Å². The second kappa shape index (κ2) is 5.21. The van der Waals surface area contributed by atoms with Gasteiger partial charge in [0.05, 0.1) is 0 Å². The fourth-order valence-electron chi connectivity index (χ4n) is 2.26. The number of hydrogen-bond acceptors (Lipinski definition) is 3. The molecule has 0 radical (unpaired) electrons. The van der Waals surface area contributed by atoms with Gasteiger partial charge in [0.15, 0.2) is 11.5 Å². The van der Waals surface area contributed by atoms with E-state index >= 15 is 0 Å². The number of fused-ring (bicyclic) bond motifs is 1. The molecular formula is C16H13FO2S. The number of ketones is 1. The maximum atomic E-state index is 13.2. The minimum atomic E-state index is -0.320. The molecule has 3 aromatic rings. The van der Waals surface area contributed by atoms with Gasteiger partial charge in [-0.2, -0.15) is 0 Å². The summed E-state index contributed by atoms with van der Waals surface area (Å²) in [6, 6.07) is 8.29. The monoisotopic (exact) mass is 288 g/mol. The van der Waals surface area contributed by atoms with Crippen molar-refractivity contribution in [3.63, 3.8) is 0 Å². The molecule has 3 rings (SSSR count). The number of aryl methyl sites for hydroxylation is 2. The molecule has 0 saturated carbocycles. The first kappa shape index (κ1) is 13.1. The topological polar surface area (TPSA) is 30.2 Å². The van der Waals surface area contributed by atoms with E-state index in [9.17, 15) is 9.18 Å². The number of halogens is 1. The maximum Gasteiger partial charge on any atom is 0.198 e. The molecule has 0 aliphatic rings. The quantitative estimate of drug-likeness (QED) is 0.648. The van der Waals surface area contributed by atoms with Crippen LogP contribution in [0.5, 0.6) is 0 Å². The number of hydrogen-bond donors (Lipinski definition) is 0. The lowest BCUT2D eigenvalue weighted by atomic mass is 10.1. The van der Waals surface area contributed by atoms with Crippen LogP contribution >= 0.6 is 11.3 Å². The Balaban J connectivity index is 1.86. The molecule has 0 bridgehead atoms. The van der Waals surface area contributed by atoms with Crippen LogP contribution in [0, 0.1) is 12.7 Å². The number of benzene rings is 1. The van der Waals surface area contributed by atoms with Crippen LogP contribution in [0.4, 0.5) is 4.39 Å². The Labute approximate surface area is 119 Å². The van der Waals surface area contributed by atoms with Crippen molar-refractivity contribution in [2.24, 2.45) is 0 Å². The summed E-state index contributed by atoms with van der Waals surface area (Å²) < 4.78 is 18.8. The van der Waals surface area contributed by atoms with Crippen molar-refractivity contribution in [3.05, 3.63) is 57.7 Å². The molecule has 2 nitrogen and oxygen atoms in total. The van der Waals surface area contributed by atoms with Gasteiger partial charge < -0.3 is 4.42 Å². The van der Waals surface area contributed by atoms with Crippen LogP contribution in [-0.2, 0) is 6.42 Å². The molecular weight excluding hydrogens is 275 g/mol. The van der Waals surface area contributed by atoms with E-state index in [1.807, 2.05) is 17.5 Å². The normalized spacial score (nSPS) is 11.1. The van der Waals surface area contributed by atoms with E-state index in [1.54, 1.807) is 24.3 Å². The summed E-state index contributed by atoms with van der Waals surface area (Å²) in [4.78, 5) is 13.4. The van der Waals surface area contributed by atoms with Crippen molar-refractivity contribution in [2.45, 2.75) is 19.8 Å². The third kappa shape index (κ3) is 2.39. The van der Waals surface area contributed by atoms with Crippen molar-refractivity contribution in [1.82, 2.24) is 0 Å².